The lowest BCUT2D eigenvalue weighted by Crippen LogP contribution is -2.14. The number of rotatable bonds is 5. The number of benzene rings is 1. The molecule has 28 heavy (non-hydrogen) atoms. The summed E-state index contributed by atoms with van der Waals surface area (Å²) in [6.07, 6.45) is 3.28. The van der Waals surface area contributed by atoms with Crippen molar-refractivity contribution in [2.75, 3.05) is 5.32 Å². The average molecular weight is 371 g/mol. The number of carbonyl (C=O) groups is 1. The fourth-order valence-corrected chi connectivity index (χ4v) is 2.85. The van der Waals surface area contributed by atoms with E-state index >= 15 is 0 Å². The van der Waals surface area contributed by atoms with Crippen molar-refractivity contribution < 1.29 is 9.32 Å². The van der Waals surface area contributed by atoms with Crippen LogP contribution in [0.1, 0.15) is 11.3 Å². The van der Waals surface area contributed by atoms with Gasteiger partial charge in [-0.05, 0) is 30.7 Å². The SMILES string of the molecule is Cc1cccc(-c2noc(NC(=O)Cc3ccccc3)c2-c2ccncn2)n1. The second kappa shape index (κ2) is 7.79. The van der Waals surface area contributed by atoms with Gasteiger partial charge in [-0.1, -0.05) is 41.6 Å². The lowest BCUT2D eigenvalue weighted by molar-refractivity contribution is -0.115. The van der Waals surface area contributed by atoms with E-state index in [0.29, 0.717) is 22.6 Å². The molecule has 0 unspecified atom stereocenters. The number of carbonyl (C=O) groups excluding carboxylic acids is 1. The molecule has 7 nitrogen and oxygen atoms in total. The third kappa shape index (κ3) is 3.78. The summed E-state index contributed by atoms with van der Waals surface area (Å²) < 4.78 is 5.47. The number of aromatic nitrogens is 4. The smallest absolute Gasteiger partial charge is 0.241 e. The highest BCUT2D eigenvalue weighted by atomic mass is 16.5. The lowest BCUT2D eigenvalue weighted by Gasteiger charge is -2.06. The van der Waals surface area contributed by atoms with E-state index in [9.17, 15) is 4.79 Å². The Morgan fingerprint density at radius 1 is 1.04 bits per heavy atom. The number of nitrogens with zero attached hydrogens (tertiary/aromatic N) is 4. The zero-order valence-electron chi connectivity index (χ0n) is 15.2. The summed E-state index contributed by atoms with van der Waals surface area (Å²) in [4.78, 5) is 25.3. The molecule has 0 aliphatic carbocycles. The molecule has 4 aromatic rings. The van der Waals surface area contributed by atoms with Gasteiger partial charge in [-0.2, -0.15) is 0 Å². The van der Waals surface area contributed by atoms with Crippen LogP contribution in [-0.2, 0) is 11.2 Å². The molecule has 3 heterocycles. The van der Waals surface area contributed by atoms with Gasteiger partial charge in [0.15, 0.2) is 0 Å². The van der Waals surface area contributed by atoms with Crippen molar-refractivity contribution in [3.05, 3.63) is 78.4 Å². The molecule has 0 bridgehead atoms. The number of anilines is 1. The first-order valence-corrected chi connectivity index (χ1v) is 8.74. The molecule has 0 radical (unpaired) electrons. The minimum atomic E-state index is -0.207. The predicted molar refractivity (Wildman–Crippen MR) is 104 cm³/mol. The zero-order chi connectivity index (χ0) is 19.3. The molecule has 7 heteroatoms. The van der Waals surface area contributed by atoms with Crippen molar-refractivity contribution in [1.29, 1.82) is 0 Å². The molecule has 0 spiro atoms. The van der Waals surface area contributed by atoms with Gasteiger partial charge >= 0.3 is 0 Å². The van der Waals surface area contributed by atoms with Gasteiger partial charge in [-0.25, -0.2) is 9.97 Å². The van der Waals surface area contributed by atoms with Crippen LogP contribution in [-0.4, -0.2) is 26.0 Å². The molecule has 0 saturated heterocycles. The fourth-order valence-electron chi connectivity index (χ4n) is 2.85. The maximum Gasteiger partial charge on any atom is 0.241 e. The maximum atomic E-state index is 12.5. The van der Waals surface area contributed by atoms with Crippen LogP contribution in [0.2, 0.25) is 0 Å². The van der Waals surface area contributed by atoms with E-state index in [0.717, 1.165) is 11.3 Å². The highest BCUT2D eigenvalue weighted by Crippen LogP contribution is 2.35. The van der Waals surface area contributed by atoms with E-state index in [-0.39, 0.29) is 18.2 Å². The summed E-state index contributed by atoms with van der Waals surface area (Å²) >= 11 is 0. The highest BCUT2D eigenvalue weighted by molar-refractivity contribution is 5.97. The van der Waals surface area contributed by atoms with Crippen LogP contribution in [0.5, 0.6) is 0 Å². The van der Waals surface area contributed by atoms with Crippen molar-refractivity contribution in [3.8, 4) is 22.6 Å². The van der Waals surface area contributed by atoms with Gasteiger partial charge < -0.3 is 4.52 Å². The van der Waals surface area contributed by atoms with Gasteiger partial charge in [0.05, 0.1) is 23.4 Å². The van der Waals surface area contributed by atoms with Gasteiger partial charge in [-0.15, -0.1) is 0 Å². The number of hydrogen-bond acceptors (Lipinski definition) is 6. The van der Waals surface area contributed by atoms with Crippen LogP contribution in [0.3, 0.4) is 0 Å². The van der Waals surface area contributed by atoms with Crippen LogP contribution in [0.25, 0.3) is 22.6 Å². The Kier molecular flexibility index (Phi) is 4.88. The third-order valence-corrected chi connectivity index (χ3v) is 4.12. The largest absolute Gasteiger partial charge is 0.337 e. The summed E-state index contributed by atoms with van der Waals surface area (Å²) in [6.45, 7) is 1.90. The molecule has 0 atom stereocenters. The van der Waals surface area contributed by atoms with Crippen molar-refractivity contribution in [1.82, 2.24) is 20.1 Å². The maximum absolute atomic E-state index is 12.5. The summed E-state index contributed by atoms with van der Waals surface area (Å²) in [7, 11) is 0. The van der Waals surface area contributed by atoms with Crippen molar-refractivity contribution in [2.24, 2.45) is 0 Å². The number of amides is 1. The quantitative estimate of drug-likeness (QED) is 0.575. The molecule has 138 valence electrons. The minimum Gasteiger partial charge on any atom is -0.337 e. The van der Waals surface area contributed by atoms with Crippen LogP contribution in [0, 0.1) is 6.92 Å². The second-order valence-corrected chi connectivity index (χ2v) is 6.20. The van der Waals surface area contributed by atoms with Gasteiger partial charge in [0.25, 0.3) is 0 Å². The van der Waals surface area contributed by atoms with Gasteiger partial charge in [0.1, 0.15) is 12.0 Å². The fraction of sp³-hybridized carbons (Fsp3) is 0.0952. The van der Waals surface area contributed by atoms with E-state index in [1.54, 1.807) is 12.3 Å². The molecule has 1 amide bonds. The van der Waals surface area contributed by atoms with E-state index < -0.39 is 0 Å². The van der Waals surface area contributed by atoms with Gasteiger partial charge in [0.2, 0.25) is 11.8 Å². The van der Waals surface area contributed by atoms with Crippen LogP contribution >= 0.6 is 0 Å². The average Bonchev–Trinajstić information content (AvgIpc) is 3.13. The summed E-state index contributed by atoms with van der Waals surface area (Å²) in [6, 6.07) is 16.9. The topological polar surface area (TPSA) is 93.8 Å². The molecule has 1 aromatic carbocycles. The highest BCUT2D eigenvalue weighted by Gasteiger charge is 2.23. The lowest BCUT2D eigenvalue weighted by atomic mass is 10.1. The van der Waals surface area contributed by atoms with Gasteiger partial charge in [0, 0.05) is 11.9 Å². The Bertz CT molecular complexity index is 1090. The Balaban J connectivity index is 1.70. The summed E-state index contributed by atoms with van der Waals surface area (Å²) in [5.41, 5.74) is 4.07. The van der Waals surface area contributed by atoms with Crippen LogP contribution in [0.4, 0.5) is 5.88 Å². The molecule has 0 fully saturated rings. The minimum absolute atomic E-state index is 0.207. The first-order chi connectivity index (χ1) is 13.7. The molecule has 4 rings (SSSR count). The number of nitrogens with one attached hydrogen (secondary N) is 1. The second-order valence-electron chi connectivity index (χ2n) is 6.20. The Morgan fingerprint density at radius 3 is 2.64 bits per heavy atom. The predicted octanol–water partition coefficient (Wildman–Crippen LogP) is 3.68. The van der Waals surface area contributed by atoms with Crippen molar-refractivity contribution >= 4 is 11.8 Å². The van der Waals surface area contributed by atoms with E-state index in [1.165, 1.54) is 6.33 Å². The normalized spacial score (nSPS) is 10.6. The summed E-state index contributed by atoms with van der Waals surface area (Å²) in [5.74, 6) is 0.0272. The zero-order valence-corrected chi connectivity index (χ0v) is 15.2. The first-order valence-electron chi connectivity index (χ1n) is 8.74. The van der Waals surface area contributed by atoms with E-state index in [4.69, 9.17) is 4.52 Å². The molecule has 0 aliphatic heterocycles. The molecule has 1 N–H and O–H groups in total. The van der Waals surface area contributed by atoms with E-state index in [2.05, 4.69) is 25.4 Å². The third-order valence-electron chi connectivity index (χ3n) is 4.12. The molecular formula is C21H17N5O2. The summed E-state index contributed by atoms with van der Waals surface area (Å²) in [5, 5.41) is 6.96. The molecule has 0 aliphatic rings. The van der Waals surface area contributed by atoms with Crippen LogP contribution in [0.15, 0.2) is 71.6 Å². The Morgan fingerprint density at radius 2 is 1.89 bits per heavy atom. The number of hydrogen-bond donors (Lipinski definition) is 1. The Labute approximate surface area is 161 Å². The number of pyridine rings is 1. The Hall–Kier alpha value is -3.87. The van der Waals surface area contributed by atoms with Crippen molar-refractivity contribution in [3.63, 3.8) is 0 Å². The first kappa shape index (κ1) is 17.5. The number of aryl methyl sites for hydroxylation is 1. The standard InChI is InChI=1S/C21H17N5O2/c1-14-6-5-9-17(24-14)20-19(16-10-11-22-13-23-16)21(28-26-20)25-18(27)12-15-7-3-2-4-8-15/h2-11,13H,12H2,1H3,(H,25,27). The van der Waals surface area contributed by atoms with Gasteiger partial charge in [-0.3, -0.25) is 15.1 Å². The molecular weight excluding hydrogens is 354 g/mol. The van der Waals surface area contributed by atoms with Crippen LogP contribution < -0.4 is 5.32 Å². The van der Waals surface area contributed by atoms with E-state index in [1.807, 2.05) is 55.5 Å². The monoisotopic (exact) mass is 371 g/mol. The van der Waals surface area contributed by atoms with Crippen molar-refractivity contribution in [2.45, 2.75) is 13.3 Å². The molecule has 0 saturated carbocycles. The molecule has 3 aromatic heterocycles.